The molecule has 0 bridgehead atoms. The van der Waals surface area contributed by atoms with Crippen LogP contribution < -0.4 is 5.14 Å². The quantitative estimate of drug-likeness (QED) is 0.871. The topological polar surface area (TPSA) is 86.5 Å². The predicted octanol–water partition coefficient (Wildman–Crippen LogP) is 3.26. The molecule has 1 heterocycles. The molecular weight excluding hydrogens is 357 g/mol. The van der Waals surface area contributed by atoms with Crippen molar-refractivity contribution in [2.45, 2.75) is 63.1 Å². The maximum absolute atomic E-state index is 13.9. The number of alkyl halides is 1. The van der Waals surface area contributed by atoms with Crippen LogP contribution >= 0.6 is 0 Å². The molecule has 0 amide bonds. The number of ether oxygens (including phenoxy) is 1. The number of rotatable bonds is 3. The first-order valence-electron chi connectivity index (χ1n) is 8.76. The molecule has 1 saturated carbocycles. The van der Waals surface area contributed by atoms with Crippen LogP contribution in [0.5, 0.6) is 0 Å². The van der Waals surface area contributed by atoms with E-state index < -0.39 is 21.8 Å². The van der Waals surface area contributed by atoms with Crippen molar-refractivity contribution < 1.29 is 22.3 Å². The van der Waals surface area contributed by atoms with E-state index in [-0.39, 0.29) is 16.6 Å². The summed E-state index contributed by atoms with van der Waals surface area (Å²) in [6.07, 6.45) is 1.42. The molecule has 2 aliphatic rings. The standard InChI is InChI=1S/C19H24FNO4S/c1-11-9-14(26(21,23)24)7-8-15(11)17-16(18(22)19(2,3)25-17)12-5-4-6-13(20)10-12/h7-9,12-13H,4-6,10H2,1-3H3,(H2,21,23,24). The molecule has 2 unspecified atom stereocenters. The average molecular weight is 381 g/mol. The fraction of sp³-hybridized carbons (Fsp3) is 0.526. The second kappa shape index (κ2) is 6.46. The lowest BCUT2D eigenvalue weighted by molar-refractivity contribution is -0.127. The number of sulfonamides is 1. The van der Waals surface area contributed by atoms with E-state index in [0.29, 0.717) is 35.3 Å². The number of aryl methyl sites for hydroxylation is 1. The van der Waals surface area contributed by atoms with E-state index >= 15 is 0 Å². The summed E-state index contributed by atoms with van der Waals surface area (Å²) in [4.78, 5) is 12.9. The van der Waals surface area contributed by atoms with Gasteiger partial charge in [0.05, 0.1) is 4.90 Å². The van der Waals surface area contributed by atoms with E-state index in [2.05, 4.69) is 0 Å². The summed E-state index contributed by atoms with van der Waals surface area (Å²) in [6.45, 7) is 5.14. The number of hydrogen-bond acceptors (Lipinski definition) is 4. The predicted molar refractivity (Wildman–Crippen MR) is 96.5 cm³/mol. The van der Waals surface area contributed by atoms with E-state index in [4.69, 9.17) is 9.88 Å². The number of Topliss-reactive ketones (excluding diaryl/α,β-unsaturated/α-hetero) is 1. The fourth-order valence-electron chi connectivity index (χ4n) is 3.82. The Morgan fingerprint density at radius 1 is 1.27 bits per heavy atom. The highest BCUT2D eigenvalue weighted by Gasteiger charge is 2.46. The lowest BCUT2D eigenvalue weighted by atomic mass is 9.78. The Morgan fingerprint density at radius 3 is 2.54 bits per heavy atom. The van der Waals surface area contributed by atoms with Crippen molar-refractivity contribution in [2.75, 3.05) is 0 Å². The number of benzene rings is 1. The van der Waals surface area contributed by atoms with Crippen LogP contribution in [0.4, 0.5) is 4.39 Å². The lowest BCUT2D eigenvalue weighted by Crippen LogP contribution is -2.32. The highest BCUT2D eigenvalue weighted by Crippen LogP contribution is 2.45. The third-order valence-electron chi connectivity index (χ3n) is 5.18. The van der Waals surface area contributed by atoms with Crippen molar-refractivity contribution >= 4 is 21.6 Å². The van der Waals surface area contributed by atoms with E-state index in [1.165, 1.54) is 12.1 Å². The summed E-state index contributed by atoms with van der Waals surface area (Å²) in [7, 11) is -3.81. The van der Waals surface area contributed by atoms with Gasteiger partial charge in [-0.2, -0.15) is 0 Å². The summed E-state index contributed by atoms with van der Waals surface area (Å²) in [5.41, 5.74) is 0.803. The minimum Gasteiger partial charge on any atom is -0.479 e. The Hall–Kier alpha value is -1.73. The maximum atomic E-state index is 13.9. The van der Waals surface area contributed by atoms with Gasteiger partial charge < -0.3 is 4.74 Å². The third kappa shape index (κ3) is 3.42. The SMILES string of the molecule is Cc1cc(S(N)(=O)=O)ccc1C1=C(C2CCCC(F)C2)C(=O)C(C)(C)O1. The number of halogens is 1. The first kappa shape index (κ1) is 19.0. The van der Waals surface area contributed by atoms with Crippen molar-refractivity contribution in [3.63, 3.8) is 0 Å². The van der Waals surface area contributed by atoms with Crippen LogP contribution in [-0.4, -0.2) is 26.0 Å². The van der Waals surface area contributed by atoms with Crippen LogP contribution in [0.25, 0.3) is 5.76 Å². The minimum atomic E-state index is -3.81. The van der Waals surface area contributed by atoms with Crippen LogP contribution in [0.15, 0.2) is 28.7 Å². The number of ketones is 1. The van der Waals surface area contributed by atoms with Gasteiger partial charge in [0.25, 0.3) is 0 Å². The normalized spacial score (nSPS) is 26.1. The molecule has 1 aliphatic carbocycles. The molecule has 5 nitrogen and oxygen atoms in total. The minimum absolute atomic E-state index is 0.00553. The van der Waals surface area contributed by atoms with Gasteiger partial charge in [-0.05, 0) is 76.1 Å². The molecule has 1 aliphatic heterocycles. The van der Waals surface area contributed by atoms with Crippen LogP contribution in [0.1, 0.15) is 50.7 Å². The smallest absolute Gasteiger partial charge is 0.238 e. The van der Waals surface area contributed by atoms with Gasteiger partial charge >= 0.3 is 0 Å². The molecule has 1 aromatic rings. The van der Waals surface area contributed by atoms with Crippen LogP contribution in [0, 0.1) is 12.8 Å². The fourth-order valence-corrected chi connectivity index (χ4v) is 4.41. The van der Waals surface area contributed by atoms with Gasteiger partial charge in [0, 0.05) is 11.1 Å². The molecule has 0 aromatic heterocycles. The Bertz CT molecular complexity index is 889. The summed E-state index contributed by atoms with van der Waals surface area (Å²) < 4.78 is 43.0. The second-order valence-electron chi connectivity index (χ2n) is 7.67. The lowest BCUT2D eigenvalue weighted by Gasteiger charge is -2.25. The number of primary sulfonamides is 1. The monoisotopic (exact) mass is 381 g/mol. The van der Waals surface area contributed by atoms with Crippen molar-refractivity contribution in [1.29, 1.82) is 0 Å². The average Bonchev–Trinajstić information content (AvgIpc) is 2.76. The molecule has 0 spiro atoms. The number of carbonyl (C=O) groups excluding carboxylic acids is 1. The summed E-state index contributed by atoms with van der Waals surface area (Å²) in [5, 5.41) is 5.19. The van der Waals surface area contributed by atoms with Gasteiger partial charge in [-0.1, -0.05) is 0 Å². The first-order valence-corrected chi connectivity index (χ1v) is 10.3. The molecule has 0 radical (unpaired) electrons. The molecule has 26 heavy (non-hydrogen) atoms. The number of hydrogen-bond donors (Lipinski definition) is 1. The highest BCUT2D eigenvalue weighted by molar-refractivity contribution is 7.89. The van der Waals surface area contributed by atoms with Crippen molar-refractivity contribution in [3.8, 4) is 0 Å². The van der Waals surface area contributed by atoms with Crippen molar-refractivity contribution in [1.82, 2.24) is 0 Å². The Kier molecular flexibility index (Phi) is 4.73. The molecule has 7 heteroatoms. The van der Waals surface area contributed by atoms with Gasteiger partial charge in [-0.15, -0.1) is 0 Å². The molecule has 2 atom stereocenters. The second-order valence-corrected chi connectivity index (χ2v) is 9.23. The Balaban J connectivity index is 2.11. The molecule has 0 saturated heterocycles. The summed E-state index contributed by atoms with van der Waals surface area (Å²) in [5.74, 6) is 0.138. The maximum Gasteiger partial charge on any atom is 0.238 e. The van der Waals surface area contributed by atoms with Gasteiger partial charge in [-0.3, -0.25) is 4.79 Å². The van der Waals surface area contributed by atoms with Crippen LogP contribution in [0.3, 0.4) is 0 Å². The van der Waals surface area contributed by atoms with E-state index in [1.54, 1.807) is 26.8 Å². The van der Waals surface area contributed by atoms with Crippen LogP contribution in [-0.2, 0) is 19.6 Å². The van der Waals surface area contributed by atoms with Gasteiger partial charge in [0.2, 0.25) is 15.8 Å². The van der Waals surface area contributed by atoms with Crippen LogP contribution in [0.2, 0.25) is 0 Å². The van der Waals surface area contributed by atoms with Crippen molar-refractivity contribution in [3.05, 3.63) is 34.9 Å². The molecule has 142 valence electrons. The summed E-state index contributed by atoms with van der Waals surface area (Å²) in [6, 6.07) is 4.47. The molecular formula is C19H24FNO4S. The Morgan fingerprint density at radius 2 is 1.96 bits per heavy atom. The van der Waals surface area contributed by atoms with E-state index in [9.17, 15) is 17.6 Å². The van der Waals surface area contributed by atoms with Gasteiger partial charge in [0.15, 0.2) is 5.60 Å². The van der Waals surface area contributed by atoms with E-state index in [0.717, 1.165) is 12.8 Å². The zero-order valence-corrected chi connectivity index (χ0v) is 16.0. The molecule has 1 aromatic carbocycles. The zero-order chi connectivity index (χ0) is 19.3. The van der Waals surface area contributed by atoms with Crippen molar-refractivity contribution in [2.24, 2.45) is 11.1 Å². The van der Waals surface area contributed by atoms with E-state index in [1.807, 2.05) is 0 Å². The Labute approximate surface area is 153 Å². The highest BCUT2D eigenvalue weighted by atomic mass is 32.2. The zero-order valence-electron chi connectivity index (χ0n) is 15.2. The summed E-state index contributed by atoms with van der Waals surface area (Å²) >= 11 is 0. The number of nitrogens with two attached hydrogens (primary N) is 1. The first-order chi connectivity index (χ1) is 12.0. The molecule has 1 fully saturated rings. The molecule has 2 N–H and O–H groups in total. The third-order valence-corrected chi connectivity index (χ3v) is 6.09. The largest absolute Gasteiger partial charge is 0.479 e. The molecule has 3 rings (SSSR count). The van der Waals surface area contributed by atoms with Gasteiger partial charge in [0.1, 0.15) is 11.9 Å². The van der Waals surface area contributed by atoms with Gasteiger partial charge in [-0.25, -0.2) is 17.9 Å². The number of carbonyl (C=O) groups is 1.